The van der Waals surface area contributed by atoms with E-state index < -0.39 is 11.8 Å². The third-order valence-electron chi connectivity index (χ3n) is 4.48. The molecule has 0 aliphatic rings. The molecule has 1 atom stereocenters. The van der Waals surface area contributed by atoms with E-state index in [-0.39, 0.29) is 13.2 Å². The molecule has 0 fully saturated rings. The molecule has 1 unspecified atom stereocenters. The van der Waals surface area contributed by atoms with Crippen molar-refractivity contribution >= 4 is 11.8 Å². The van der Waals surface area contributed by atoms with Gasteiger partial charge in [0.05, 0.1) is 0 Å². The lowest BCUT2D eigenvalue weighted by molar-refractivity contribution is -0.131. The van der Waals surface area contributed by atoms with Gasteiger partial charge in [-0.15, -0.1) is 0 Å². The molecule has 2 aromatic rings. The zero-order valence-corrected chi connectivity index (χ0v) is 16.9. The Bertz CT molecular complexity index is 803. The Morgan fingerprint density at radius 1 is 0.929 bits per heavy atom. The number of nitrogens with one attached hydrogen (secondary N) is 2. The third kappa shape index (κ3) is 6.61. The Morgan fingerprint density at radius 2 is 1.54 bits per heavy atom. The van der Waals surface area contributed by atoms with Crippen LogP contribution in [-0.2, 0) is 9.59 Å². The minimum Gasteiger partial charge on any atom is -0.484 e. The van der Waals surface area contributed by atoms with E-state index >= 15 is 0 Å². The number of carbonyl (C=O) groups excluding carboxylic acids is 2. The summed E-state index contributed by atoms with van der Waals surface area (Å²) in [5, 5.41) is 0. The van der Waals surface area contributed by atoms with E-state index in [2.05, 4.69) is 24.7 Å². The topological polar surface area (TPSA) is 76.7 Å². The number of benzene rings is 2. The van der Waals surface area contributed by atoms with Gasteiger partial charge in [-0.2, -0.15) is 0 Å². The molecule has 28 heavy (non-hydrogen) atoms. The van der Waals surface area contributed by atoms with Gasteiger partial charge in [0.15, 0.2) is 13.2 Å². The standard InChI is InChI=1S/C22H28N2O4/c1-5-16(3)18-8-10-19(11-9-18)27-13-21(25)23-24-22(26)14-28-20-12-15(2)6-7-17(20)4/h6-12,16H,5,13-14H2,1-4H3,(H,23,25)(H,24,26). The first-order valence-corrected chi connectivity index (χ1v) is 9.39. The number of hydrogen-bond donors (Lipinski definition) is 2. The largest absolute Gasteiger partial charge is 0.484 e. The highest BCUT2D eigenvalue weighted by Crippen LogP contribution is 2.21. The molecule has 2 N–H and O–H groups in total. The molecule has 0 aliphatic carbocycles. The molecule has 0 saturated heterocycles. The van der Waals surface area contributed by atoms with Crippen molar-refractivity contribution in [1.82, 2.24) is 10.9 Å². The monoisotopic (exact) mass is 384 g/mol. The normalized spacial score (nSPS) is 11.4. The lowest BCUT2D eigenvalue weighted by Crippen LogP contribution is -2.45. The maximum absolute atomic E-state index is 11.8. The number of aryl methyl sites for hydroxylation is 2. The molecule has 2 rings (SSSR count). The van der Waals surface area contributed by atoms with Gasteiger partial charge in [0.25, 0.3) is 11.8 Å². The molecule has 6 nitrogen and oxygen atoms in total. The third-order valence-corrected chi connectivity index (χ3v) is 4.48. The molecule has 0 bridgehead atoms. The van der Waals surface area contributed by atoms with Crippen LogP contribution < -0.4 is 20.3 Å². The summed E-state index contributed by atoms with van der Waals surface area (Å²) in [6.45, 7) is 7.77. The highest BCUT2D eigenvalue weighted by molar-refractivity contribution is 5.83. The number of ether oxygens (including phenoxy) is 2. The zero-order valence-electron chi connectivity index (χ0n) is 16.9. The van der Waals surface area contributed by atoms with Gasteiger partial charge in [0, 0.05) is 0 Å². The number of rotatable bonds is 8. The lowest BCUT2D eigenvalue weighted by atomic mass is 9.99. The van der Waals surface area contributed by atoms with Crippen molar-refractivity contribution in [1.29, 1.82) is 0 Å². The minimum absolute atomic E-state index is 0.192. The quantitative estimate of drug-likeness (QED) is 0.684. The van der Waals surface area contributed by atoms with Gasteiger partial charge in [0.1, 0.15) is 11.5 Å². The van der Waals surface area contributed by atoms with Crippen LogP contribution in [0.1, 0.15) is 42.9 Å². The SMILES string of the molecule is CCC(C)c1ccc(OCC(=O)NNC(=O)COc2cc(C)ccc2C)cc1. The lowest BCUT2D eigenvalue weighted by Gasteiger charge is -2.12. The molecule has 2 aromatic carbocycles. The molecule has 6 heteroatoms. The summed E-state index contributed by atoms with van der Waals surface area (Å²) < 4.78 is 10.9. The predicted molar refractivity (Wildman–Crippen MR) is 108 cm³/mol. The number of carbonyl (C=O) groups is 2. The minimum atomic E-state index is -0.453. The molecule has 2 amide bonds. The van der Waals surface area contributed by atoms with Crippen LogP contribution in [0.4, 0.5) is 0 Å². The number of amides is 2. The van der Waals surface area contributed by atoms with Gasteiger partial charge in [-0.3, -0.25) is 20.4 Å². The predicted octanol–water partition coefficient (Wildman–Crippen LogP) is 3.42. The molecule has 0 radical (unpaired) electrons. The second-order valence-electron chi connectivity index (χ2n) is 6.82. The summed E-state index contributed by atoms with van der Waals surface area (Å²) in [5.74, 6) is 0.828. The van der Waals surface area contributed by atoms with Gasteiger partial charge in [-0.25, -0.2) is 0 Å². The molecular formula is C22H28N2O4. The van der Waals surface area contributed by atoms with E-state index in [0.717, 1.165) is 17.5 Å². The molecular weight excluding hydrogens is 356 g/mol. The van der Waals surface area contributed by atoms with Crippen LogP contribution in [0.5, 0.6) is 11.5 Å². The van der Waals surface area contributed by atoms with Crippen molar-refractivity contribution in [3.05, 3.63) is 59.2 Å². The second kappa shape index (κ2) is 10.3. The molecule has 150 valence electrons. The van der Waals surface area contributed by atoms with Crippen molar-refractivity contribution in [2.24, 2.45) is 0 Å². The van der Waals surface area contributed by atoms with Crippen LogP contribution in [0.25, 0.3) is 0 Å². The van der Waals surface area contributed by atoms with Gasteiger partial charge in [0.2, 0.25) is 0 Å². The summed E-state index contributed by atoms with van der Waals surface area (Å²) in [6, 6.07) is 13.4. The van der Waals surface area contributed by atoms with Crippen LogP contribution in [-0.4, -0.2) is 25.0 Å². The Morgan fingerprint density at radius 3 is 2.14 bits per heavy atom. The summed E-state index contributed by atoms with van der Waals surface area (Å²) in [5.41, 5.74) is 7.84. The van der Waals surface area contributed by atoms with Crippen LogP contribution in [0.3, 0.4) is 0 Å². The second-order valence-corrected chi connectivity index (χ2v) is 6.82. The zero-order chi connectivity index (χ0) is 20.5. The number of hydrazine groups is 1. The van der Waals surface area contributed by atoms with E-state index in [0.29, 0.717) is 17.4 Å². The van der Waals surface area contributed by atoms with Crippen molar-refractivity contribution in [3.8, 4) is 11.5 Å². The average molecular weight is 384 g/mol. The first-order chi connectivity index (χ1) is 13.4. The Hall–Kier alpha value is -3.02. The van der Waals surface area contributed by atoms with E-state index in [1.165, 1.54) is 5.56 Å². The van der Waals surface area contributed by atoms with Crippen molar-refractivity contribution in [3.63, 3.8) is 0 Å². The van der Waals surface area contributed by atoms with Gasteiger partial charge in [-0.1, -0.05) is 38.1 Å². The van der Waals surface area contributed by atoms with E-state index in [4.69, 9.17) is 9.47 Å². The Labute approximate surface area is 166 Å². The van der Waals surface area contributed by atoms with Gasteiger partial charge < -0.3 is 9.47 Å². The first-order valence-electron chi connectivity index (χ1n) is 9.39. The summed E-state index contributed by atoms with van der Waals surface area (Å²) in [4.78, 5) is 23.7. The van der Waals surface area contributed by atoms with E-state index in [1.807, 2.05) is 56.3 Å². The van der Waals surface area contributed by atoms with Crippen molar-refractivity contribution in [2.75, 3.05) is 13.2 Å². The number of hydrogen-bond acceptors (Lipinski definition) is 4. The van der Waals surface area contributed by atoms with Crippen molar-refractivity contribution < 1.29 is 19.1 Å². The molecule has 0 aromatic heterocycles. The van der Waals surface area contributed by atoms with Gasteiger partial charge >= 0.3 is 0 Å². The highest BCUT2D eigenvalue weighted by Gasteiger charge is 2.08. The van der Waals surface area contributed by atoms with E-state index in [1.54, 1.807) is 0 Å². The average Bonchev–Trinajstić information content (AvgIpc) is 2.71. The van der Waals surface area contributed by atoms with Crippen LogP contribution in [0, 0.1) is 13.8 Å². The van der Waals surface area contributed by atoms with Crippen LogP contribution in [0.15, 0.2) is 42.5 Å². The molecule has 0 aliphatic heterocycles. The molecule has 0 saturated carbocycles. The summed E-state index contributed by atoms with van der Waals surface area (Å²) in [6.07, 6.45) is 1.06. The smallest absolute Gasteiger partial charge is 0.276 e. The fourth-order valence-corrected chi connectivity index (χ4v) is 2.49. The maximum Gasteiger partial charge on any atom is 0.276 e. The fourth-order valence-electron chi connectivity index (χ4n) is 2.49. The summed E-state index contributed by atoms with van der Waals surface area (Å²) in [7, 11) is 0. The highest BCUT2D eigenvalue weighted by atomic mass is 16.5. The van der Waals surface area contributed by atoms with Gasteiger partial charge in [-0.05, 0) is 61.1 Å². The Kier molecular flexibility index (Phi) is 7.87. The van der Waals surface area contributed by atoms with Crippen molar-refractivity contribution in [2.45, 2.75) is 40.0 Å². The van der Waals surface area contributed by atoms with E-state index in [9.17, 15) is 9.59 Å². The van der Waals surface area contributed by atoms with Crippen LogP contribution in [0.2, 0.25) is 0 Å². The first kappa shape index (κ1) is 21.3. The maximum atomic E-state index is 11.8. The van der Waals surface area contributed by atoms with Crippen LogP contribution >= 0.6 is 0 Å². The Balaban J connectivity index is 1.70. The summed E-state index contributed by atoms with van der Waals surface area (Å²) >= 11 is 0. The molecule has 0 heterocycles. The molecule has 0 spiro atoms. The fraction of sp³-hybridized carbons (Fsp3) is 0.364.